The zero-order valence-electron chi connectivity index (χ0n) is 18.8. The Labute approximate surface area is 203 Å². The maximum absolute atomic E-state index is 12.9. The monoisotopic (exact) mass is 508 g/mol. The number of hydrogen-bond acceptors (Lipinski definition) is 8. The number of rotatable bonds is 11. The van der Waals surface area contributed by atoms with Crippen LogP contribution in [0.25, 0.3) is 0 Å². The Kier molecular flexibility index (Phi) is 9.28. The molecule has 1 atom stereocenters. The highest BCUT2D eigenvalue weighted by molar-refractivity contribution is 7.98. The summed E-state index contributed by atoms with van der Waals surface area (Å²) < 4.78 is 32.3. The highest BCUT2D eigenvalue weighted by Gasteiger charge is 2.30. The van der Waals surface area contributed by atoms with Crippen LogP contribution < -0.4 is 10.6 Å². The summed E-state index contributed by atoms with van der Waals surface area (Å²) in [7, 11) is -3.89. The molecule has 2 aromatic rings. The van der Waals surface area contributed by atoms with Crippen LogP contribution in [0.2, 0.25) is 0 Å². The largest absolute Gasteiger partial charge is 0.379 e. The molecule has 34 heavy (non-hydrogen) atoms. The van der Waals surface area contributed by atoms with Crippen LogP contribution in [0, 0.1) is 10.1 Å². The quantitative estimate of drug-likeness (QED) is 0.350. The number of sulfonamides is 1. The maximum Gasteiger partial charge on any atom is 0.293 e. The number of morpholine rings is 1. The van der Waals surface area contributed by atoms with Crippen molar-refractivity contribution in [3.63, 3.8) is 0 Å². The Morgan fingerprint density at radius 2 is 1.91 bits per heavy atom. The molecule has 12 heteroatoms. The van der Waals surface area contributed by atoms with Gasteiger partial charge >= 0.3 is 0 Å². The van der Waals surface area contributed by atoms with Crippen molar-refractivity contribution in [3.05, 3.63) is 64.2 Å². The van der Waals surface area contributed by atoms with E-state index in [9.17, 15) is 23.3 Å². The fourth-order valence-electron chi connectivity index (χ4n) is 3.48. The van der Waals surface area contributed by atoms with E-state index in [4.69, 9.17) is 4.74 Å². The molecule has 0 aliphatic carbocycles. The summed E-state index contributed by atoms with van der Waals surface area (Å²) in [5.74, 6) is 0.366. The molecule has 2 N–H and O–H groups in total. The molecule has 1 aliphatic rings. The van der Waals surface area contributed by atoms with E-state index in [1.807, 2.05) is 36.6 Å². The first-order valence-corrected chi connectivity index (χ1v) is 13.6. The molecular formula is C22H28N4O6S2. The van der Waals surface area contributed by atoms with E-state index in [0.29, 0.717) is 18.7 Å². The van der Waals surface area contributed by atoms with Gasteiger partial charge in [-0.3, -0.25) is 14.9 Å². The molecule has 0 spiro atoms. The van der Waals surface area contributed by atoms with Crippen molar-refractivity contribution in [2.24, 2.45) is 0 Å². The van der Waals surface area contributed by atoms with Gasteiger partial charge in [-0.2, -0.15) is 16.1 Å². The van der Waals surface area contributed by atoms with E-state index in [1.54, 1.807) is 11.8 Å². The number of nitrogens with zero attached hydrogens (tertiary/aromatic N) is 2. The van der Waals surface area contributed by atoms with Crippen LogP contribution in [-0.2, 0) is 26.1 Å². The van der Waals surface area contributed by atoms with E-state index >= 15 is 0 Å². The second-order valence-corrected chi connectivity index (χ2v) is 10.6. The van der Waals surface area contributed by atoms with Gasteiger partial charge < -0.3 is 15.4 Å². The number of benzene rings is 2. The van der Waals surface area contributed by atoms with Gasteiger partial charge in [0.2, 0.25) is 15.9 Å². The summed E-state index contributed by atoms with van der Waals surface area (Å²) in [6.45, 7) is 1.26. The van der Waals surface area contributed by atoms with Crippen molar-refractivity contribution >= 4 is 39.1 Å². The Hall–Kier alpha value is -2.67. The van der Waals surface area contributed by atoms with Gasteiger partial charge in [0.15, 0.2) is 0 Å². The maximum atomic E-state index is 12.9. The number of thioether (sulfide) groups is 1. The molecule has 0 saturated carbocycles. The minimum Gasteiger partial charge on any atom is -0.379 e. The lowest BCUT2D eigenvalue weighted by Crippen LogP contribution is -2.40. The van der Waals surface area contributed by atoms with Crippen molar-refractivity contribution in [1.29, 1.82) is 0 Å². The van der Waals surface area contributed by atoms with Crippen molar-refractivity contribution in [1.82, 2.24) is 9.62 Å². The lowest BCUT2D eigenvalue weighted by Gasteiger charge is -2.26. The lowest BCUT2D eigenvalue weighted by atomic mass is 10.1. The molecule has 1 fully saturated rings. The van der Waals surface area contributed by atoms with Gasteiger partial charge in [-0.25, -0.2) is 8.42 Å². The molecule has 1 heterocycles. The minimum absolute atomic E-state index is 0.0897. The highest BCUT2D eigenvalue weighted by Crippen LogP contribution is 2.30. The van der Waals surface area contributed by atoms with Gasteiger partial charge in [-0.1, -0.05) is 30.3 Å². The molecule has 3 rings (SSSR count). The van der Waals surface area contributed by atoms with Gasteiger partial charge in [-0.15, -0.1) is 0 Å². The number of ether oxygens (including phenoxy) is 1. The average Bonchev–Trinajstić information content (AvgIpc) is 2.86. The Bertz CT molecular complexity index is 1090. The van der Waals surface area contributed by atoms with E-state index in [0.717, 1.165) is 11.6 Å². The molecule has 0 aromatic heterocycles. The van der Waals surface area contributed by atoms with Crippen molar-refractivity contribution in [2.75, 3.05) is 43.6 Å². The molecule has 0 unspecified atom stereocenters. The first-order valence-electron chi connectivity index (χ1n) is 10.8. The zero-order chi connectivity index (χ0) is 24.6. The van der Waals surface area contributed by atoms with Gasteiger partial charge in [-0.05, 0) is 36.1 Å². The average molecular weight is 509 g/mol. The summed E-state index contributed by atoms with van der Waals surface area (Å²) in [4.78, 5) is 23.8. The molecular weight excluding hydrogens is 480 g/mol. The Balaban J connectivity index is 1.80. The Morgan fingerprint density at radius 1 is 1.21 bits per heavy atom. The van der Waals surface area contributed by atoms with Crippen molar-refractivity contribution in [3.8, 4) is 0 Å². The molecule has 2 aromatic carbocycles. The number of hydrogen-bond donors (Lipinski definition) is 2. The minimum atomic E-state index is -3.89. The number of nitro benzene ring substituents is 1. The fourth-order valence-corrected chi connectivity index (χ4v) is 5.38. The second-order valence-electron chi connectivity index (χ2n) is 7.63. The lowest BCUT2D eigenvalue weighted by molar-refractivity contribution is -0.384. The summed E-state index contributed by atoms with van der Waals surface area (Å²) in [5.41, 5.74) is 0.620. The van der Waals surface area contributed by atoms with E-state index in [-0.39, 0.29) is 42.8 Å². The molecule has 1 amide bonds. The third-order valence-corrected chi connectivity index (χ3v) is 7.88. The predicted molar refractivity (Wildman–Crippen MR) is 131 cm³/mol. The van der Waals surface area contributed by atoms with Gasteiger partial charge in [0.25, 0.3) is 5.69 Å². The molecule has 10 nitrogen and oxygen atoms in total. The number of anilines is 1. The molecule has 184 valence electrons. The normalized spacial score (nSPS) is 15.4. The first kappa shape index (κ1) is 25.9. The van der Waals surface area contributed by atoms with Crippen LogP contribution in [0.1, 0.15) is 12.0 Å². The summed E-state index contributed by atoms with van der Waals surface area (Å²) in [6.07, 6.45) is 2.35. The van der Waals surface area contributed by atoms with Crippen LogP contribution in [0.3, 0.4) is 0 Å². The molecule has 1 saturated heterocycles. The van der Waals surface area contributed by atoms with Crippen LogP contribution >= 0.6 is 11.8 Å². The third kappa shape index (κ3) is 6.69. The van der Waals surface area contributed by atoms with Crippen LogP contribution in [0.4, 0.5) is 11.4 Å². The standard InChI is InChI=1S/C22H28N4O6S2/c1-33-14-9-20(22(27)23-16-17-5-3-2-4-6-17)24-19-8-7-18(15-21(19)26(28)29)34(30,31)25-10-12-32-13-11-25/h2-8,15,20,24H,9-14,16H2,1H3,(H,23,27)/t20-/m1/s1. The van der Waals surface area contributed by atoms with Gasteiger partial charge in [0, 0.05) is 25.7 Å². The van der Waals surface area contributed by atoms with Crippen molar-refractivity contribution < 1.29 is 22.9 Å². The first-order chi connectivity index (χ1) is 16.3. The Morgan fingerprint density at radius 3 is 2.56 bits per heavy atom. The highest BCUT2D eigenvalue weighted by atomic mass is 32.2. The summed E-state index contributed by atoms with van der Waals surface area (Å²) in [6, 6.07) is 12.4. The van der Waals surface area contributed by atoms with E-state index in [1.165, 1.54) is 16.4 Å². The van der Waals surface area contributed by atoms with Gasteiger partial charge in [0.05, 0.1) is 23.0 Å². The van der Waals surface area contributed by atoms with Gasteiger partial charge in [0.1, 0.15) is 11.7 Å². The van der Waals surface area contributed by atoms with E-state index < -0.39 is 26.7 Å². The van der Waals surface area contributed by atoms with Crippen LogP contribution in [0.15, 0.2) is 53.4 Å². The molecule has 0 bridgehead atoms. The van der Waals surface area contributed by atoms with Crippen LogP contribution in [0.5, 0.6) is 0 Å². The van der Waals surface area contributed by atoms with Crippen LogP contribution in [-0.4, -0.2) is 67.9 Å². The number of carbonyl (C=O) groups is 1. The second kappa shape index (κ2) is 12.2. The summed E-state index contributed by atoms with van der Waals surface area (Å²) >= 11 is 1.56. The smallest absolute Gasteiger partial charge is 0.293 e. The molecule has 1 aliphatic heterocycles. The SMILES string of the molecule is CSCC[C@@H](Nc1ccc(S(=O)(=O)N2CCOCC2)cc1[N+](=O)[O-])C(=O)NCc1ccccc1. The number of amides is 1. The van der Waals surface area contributed by atoms with Crippen molar-refractivity contribution in [2.45, 2.75) is 23.9 Å². The fraction of sp³-hybridized carbons (Fsp3) is 0.409. The van der Waals surface area contributed by atoms with E-state index in [2.05, 4.69) is 10.6 Å². The predicted octanol–water partition coefficient (Wildman–Crippen LogP) is 2.47. The summed E-state index contributed by atoms with van der Waals surface area (Å²) in [5, 5.41) is 17.6. The number of nitrogens with one attached hydrogen (secondary N) is 2. The third-order valence-electron chi connectivity index (χ3n) is 5.34. The number of carbonyl (C=O) groups excluding carboxylic acids is 1. The topological polar surface area (TPSA) is 131 Å². The number of nitro groups is 1. The zero-order valence-corrected chi connectivity index (χ0v) is 20.4. The molecule has 0 radical (unpaired) electrons.